The van der Waals surface area contributed by atoms with E-state index in [-0.39, 0.29) is 0 Å². The van der Waals surface area contributed by atoms with E-state index in [9.17, 15) is 0 Å². The van der Waals surface area contributed by atoms with E-state index in [1.807, 2.05) is 31.3 Å². The van der Waals surface area contributed by atoms with Crippen LogP contribution in [-0.2, 0) is 0 Å². The Balaban J connectivity index is 2.64. The predicted octanol–water partition coefficient (Wildman–Crippen LogP) is 2.48. The van der Waals surface area contributed by atoms with Gasteiger partial charge in [-0.1, -0.05) is 12.2 Å². The molecule has 14 heavy (non-hydrogen) atoms. The van der Waals surface area contributed by atoms with Gasteiger partial charge in [-0.2, -0.15) is 12.6 Å². The van der Waals surface area contributed by atoms with Crippen LogP contribution >= 0.6 is 12.6 Å². The molecule has 0 fully saturated rings. The largest absolute Gasteiger partial charge is 0.363 e. The molecule has 0 bridgehead atoms. The first kappa shape index (κ1) is 11.1. The van der Waals surface area contributed by atoms with Gasteiger partial charge in [0.25, 0.3) is 0 Å². The number of nitrogens with zero attached hydrogens (tertiary/aromatic N) is 2. The van der Waals surface area contributed by atoms with Crippen molar-refractivity contribution in [2.45, 2.75) is 6.42 Å². The van der Waals surface area contributed by atoms with Crippen LogP contribution in [0.5, 0.6) is 0 Å². The minimum absolute atomic E-state index is 0.889. The maximum absolute atomic E-state index is 4.31. The lowest BCUT2D eigenvalue weighted by Gasteiger charge is -2.10. The third-order valence-corrected chi connectivity index (χ3v) is 2.09. The van der Waals surface area contributed by atoms with Gasteiger partial charge < -0.3 is 4.90 Å². The highest BCUT2D eigenvalue weighted by molar-refractivity contribution is 7.80. The summed E-state index contributed by atoms with van der Waals surface area (Å²) in [6, 6.07) is 4.08. The smallest absolute Gasteiger partial charge is 0.127 e. The quantitative estimate of drug-likeness (QED) is 0.765. The first-order valence-electron chi connectivity index (χ1n) is 4.65. The fourth-order valence-corrected chi connectivity index (χ4v) is 1.20. The number of pyridine rings is 1. The minimum Gasteiger partial charge on any atom is -0.363 e. The van der Waals surface area contributed by atoms with Crippen molar-refractivity contribution in [3.8, 4) is 0 Å². The molecule has 0 amide bonds. The Bertz CT molecular complexity index is 291. The second-order valence-electron chi connectivity index (χ2n) is 3.26. The van der Waals surface area contributed by atoms with Crippen LogP contribution in [0.25, 0.3) is 6.08 Å². The molecule has 3 heteroatoms. The molecule has 0 spiro atoms. The number of aromatic nitrogens is 1. The van der Waals surface area contributed by atoms with Crippen LogP contribution in [0.1, 0.15) is 12.0 Å². The Labute approximate surface area is 91.1 Å². The molecule has 1 rings (SSSR count). The molecule has 1 aromatic heterocycles. The van der Waals surface area contributed by atoms with Gasteiger partial charge in [-0.15, -0.1) is 0 Å². The van der Waals surface area contributed by atoms with Crippen LogP contribution in [0.15, 0.2) is 24.4 Å². The fraction of sp³-hybridized carbons (Fsp3) is 0.364. The summed E-state index contributed by atoms with van der Waals surface area (Å²) < 4.78 is 0. The Kier molecular flexibility index (Phi) is 4.53. The summed E-state index contributed by atoms with van der Waals surface area (Å²) in [7, 11) is 3.97. The van der Waals surface area contributed by atoms with Gasteiger partial charge in [-0.05, 0) is 29.9 Å². The molecule has 0 atom stereocenters. The van der Waals surface area contributed by atoms with E-state index in [0.717, 1.165) is 23.6 Å². The first-order chi connectivity index (χ1) is 6.74. The van der Waals surface area contributed by atoms with Crippen molar-refractivity contribution >= 4 is 24.5 Å². The molecule has 0 N–H and O–H groups in total. The van der Waals surface area contributed by atoms with Gasteiger partial charge in [0.2, 0.25) is 0 Å². The molecule has 0 aliphatic carbocycles. The molecule has 0 unspecified atom stereocenters. The zero-order valence-electron chi connectivity index (χ0n) is 8.64. The maximum atomic E-state index is 4.31. The highest BCUT2D eigenvalue weighted by Gasteiger charge is 1.94. The van der Waals surface area contributed by atoms with Crippen LogP contribution in [0.4, 0.5) is 5.82 Å². The second-order valence-corrected chi connectivity index (χ2v) is 3.71. The minimum atomic E-state index is 0.889. The summed E-state index contributed by atoms with van der Waals surface area (Å²) >= 11 is 4.14. The third kappa shape index (κ3) is 3.42. The molecule has 2 nitrogen and oxygen atoms in total. The summed E-state index contributed by atoms with van der Waals surface area (Å²) in [5.41, 5.74) is 1.14. The van der Waals surface area contributed by atoms with E-state index < -0.39 is 0 Å². The number of anilines is 1. The lowest BCUT2D eigenvalue weighted by Crippen LogP contribution is -2.09. The number of rotatable bonds is 4. The Hall–Kier alpha value is -0.960. The number of allylic oxidation sites excluding steroid dienone is 1. The van der Waals surface area contributed by atoms with Crippen LogP contribution in [0.2, 0.25) is 0 Å². The summed E-state index contributed by atoms with van der Waals surface area (Å²) in [5, 5.41) is 0. The van der Waals surface area contributed by atoms with Crippen LogP contribution in [0.3, 0.4) is 0 Å². The molecular formula is C11H16N2S. The summed E-state index contributed by atoms with van der Waals surface area (Å²) in [5.74, 6) is 1.87. The standard InChI is InChI=1S/C11H16N2S/c1-13(2)11-7-6-10(9-12-11)5-3-4-8-14/h3,5-7,9,14H,4,8H2,1-2H3. The third-order valence-electron chi connectivity index (χ3n) is 1.84. The number of hydrogen-bond acceptors (Lipinski definition) is 3. The van der Waals surface area contributed by atoms with Gasteiger partial charge >= 0.3 is 0 Å². The Morgan fingerprint density at radius 1 is 1.43 bits per heavy atom. The Morgan fingerprint density at radius 2 is 2.21 bits per heavy atom. The lowest BCUT2D eigenvalue weighted by atomic mass is 10.2. The van der Waals surface area contributed by atoms with E-state index in [2.05, 4.69) is 35.8 Å². The van der Waals surface area contributed by atoms with Crippen molar-refractivity contribution in [1.29, 1.82) is 0 Å². The molecule has 0 aliphatic heterocycles. The summed E-state index contributed by atoms with van der Waals surface area (Å²) in [6.45, 7) is 0. The van der Waals surface area contributed by atoms with Crippen LogP contribution in [0, 0.1) is 0 Å². The van der Waals surface area contributed by atoms with Crippen molar-refractivity contribution in [3.05, 3.63) is 30.0 Å². The van der Waals surface area contributed by atoms with Gasteiger partial charge in [0.15, 0.2) is 0 Å². The topological polar surface area (TPSA) is 16.1 Å². The monoisotopic (exact) mass is 208 g/mol. The average Bonchev–Trinajstić information content (AvgIpc) is 2.19. The molecule has 1 aromatic rings. The van der Waals surface area contributed by atoms with Crippen LogP contribution in [-0.4, -0.2) is 24.8 Å². The lowest BCUT2D eigenvalue weighted by molar-refractivity contribution is 1.07. The average molecular weight is 208 g/mol. The van der Waals surface area contributed by atoms with Crippen LogP contribution < -0.4 is 4.90 Å². The van der Waals surface area contributed by atoms with E-state index in [1.165, 1.54) is 0 Å². The molecule has 0 saturated heterocycles. The van der Waals surface area contributed by atoms with E-state index in [1.54, 1.807) is 0 Å². The van der Waals surface area contributed by atoms with Gasteiger partial charge in [0.1, 0.15) is 5.82 Å². The molecule has 76 valence electrons. The molecular weight excluding hydrogens is 192 g/mol. The summed E-state index contributed by atoms with van der Waals surface area (Å²) in [6.07, 6.45) is 7.06. The maximum Gasteiger partial charge on any atom is 0.127 e. The van der Waals surface area contributed by atoms with Crippen molar-refractivity contribution < 1.29 is 0 Å². The molecule has 0 aromatic carbocycles. The summed E-state index contributed by atoms with van der Waals surface area (Å²) in [4.78, 5) is 6.30. The Morgan fingerprint density at radius 3 is 2.71 bits per heavy atom. The van der Waals surface area contributed by atoms with Crippen molar-refractivity contribution in [2.75, 3.05) is 24.7 Å². The second kappa shape index (κ2) is 5.70. The predicted molar refractivity (Wildman–Crippen MR) is 66.1 cm³/mol. The van der Waals surface area contributed by atoms with Crippen molar-refractivity contribution in [3.63, 3.8) is 0 Å². The zero-order chi connectivity index (χ0) is 10.4. The van der Waals surface area contributed by atoms with E-state index in [0.29, 0.717) is 0 Å². The highest BCUT2D eigenvalue weighted by atomic mass is 32.1. The van der Waals surface area contributed by atoms with Crippen molar-refractivity contribution in [1.82, 2.24) is 4.98 Å². The molecule has 1 heterocycles. The molecule has 0 saturated carbocycles. The SMILES string of the molecule is CN(C)c1ccc(C=CCCS)cn1. The van der Waals surface area contributed by atoms with E-state index in [4.69, 9.17) is 0 Å². The van der Waals surface area contributed by atoms with Gasteiger partial charge in [-0.3, -0.25) is 0 Å². The molecule has 0 radical (unpaired) electrons. The highest BCUT2D eigenvalue weighted by Crippen LogP contribution is 2.09. The van der Waals surface area contributed by atoms with E-state index >= 15 is 0 Å². The van der Waals surface area contributed by atoms with Crippen molar-refractivity contribution in [2.24, 2.45) is 0 Å². The van der Waals surface area contributed by atoms with Gasteiger partial charge in [-0.25, -0.2) is 4.98 Å². The number of thiol groups is 1. The number of hydrogen-bond donors (Lipinski definition) is 1. The van der Waals surface area contributed by atoms with Gasteiger partial charge in [0.05, 0.1) is 0 Å². The molecule has 0 aliphatic rings. The fourth-order valence-electron chi connectivity index (χ4n) is 1.05. The normalized spacial score (nSPS) is 10.8. The zero-order valence-corrected chi connectivity index (χ0v) is 9.54. The first-order valence-corrected chi connectivity index (χ1v) is 5.28. The van der Waals surface area contributed by atoms with Gasteiger partial charge in [0, 0.05) is 20.3 Å².